The lowest BCUT2D eigenvalue weighted by Crippen LogP contribution is -2.09. The maximum atomic E-state index is 13.5. The van der Waals surface area contributed by atoms with Gasteiger partial charge in [-0.25, -0.2) is 13.2 Å². The van der Waals surface area contributed by atoms with Crippen molar-refractivity contribution in [3.05, 3.63) is 59.4 Å². The molecule has 5 heteroatoms. The van der Waals surface area contributed by atoms with Crippen LogP contribution in [-0.2, 0) is 6.54 Å². The third-order valence-corrected chi connectivity index (χ3v) is 2.81. The first-order chi connectivity index (χ1) is 9.97. The Labute approximate surface area is 121 Å². The van der Waals surface area contributed by atoms with Crippen molar-refractivity contribution in [1.29, 1.82) is 0 Å². The van der Waals surface area contributed by atoms with Crippen molar-refractivity contribution in [2.75, 3.05) is 5.32 Å². The van der Waals surface area contributed by atoms with E-state index < -0.39 is 17.5 Å². The minimum absolute atomic E-state index is 0.00570. The molecule has 0 aliphatic heterocycles. The van der Waals surface area contributed by atoms with Gasteiger partial charge in [0.15, 0.2) is 11.6 Å². The highest BCUT2D eigenvalue weighted by atomic mass is 19.2. The summed E-state index contributed by atoms with van der Waals surface area (Å²) >= 11 is 0. The van der Waals surface area contributed by atoms with Crippen LogP contribution in [0.2, 0.25) is 0 Å². The summed E-state index contributed by atoms with van der Waals surface area (Å²) in [6.07, 6.45) is 0.00570. The van der Waals surface area contributed by atoms with Crippen LogP contribution in [0.25, 0.3) is 0 Å². The van der Waals surface area contributed by atoms with Gasteiger partial charge in [-0.2, -0.15) is 0 Å². The summed E-state index contributed by atoms with van der Waals surface area (Å²) in [6, 6.07) is 8.61. The van der Waals surface area contributed by atoms with Crippen molar-refractivity contribution in [2.24, 2.45) is 0 Å². The minimum Gasteiger partial charge on any atom is -0.491 e. The van der Waals surface area contributed by atoms with Gasteiger partial charge in [0.1, 0.15) is 11.6 Å². The average Bonchev–Trinajstić information content (AvgIpc) is 2.42. The van der Waals surface area contributed by atoms with E-state index >= 15 is 0 Å². The Kier molecular flexibility index (Phi) is 4.73. The fourth-order valence-electron chi connectivity index (χ4n) is 1.87. The summed E-state index contributed by atoms with van der Waals surface area (Å²) in [5.74, 6) is -2.47. The van der Waals surface area contributed by atoms with Gasteiger partial charge in [0.25, 0.3) is 0 Å². The van der Waals surface area contributed by atoms with Gasteiger partial charge in [0, 0.05) is 24.2 Å². The number of benzene rings is 2. The van der Waals surface area contributed by atoms with E-state index in [1.807, 2.05) is 32.0 Å². The zero-order chi connectivity index (χ0) is 15.4. The Morgan fingerprint density at radius 3 is 2.38 bits per heavy atom. The molecule has 2 aromatic rings. The monoisotopic (exact) mass is 295 g/mol. The third kappa shape index (κ3) is 3.90. The van der Waals surface area contributed by atoms with Crippen molar-refractivity contribution < 1.29 is 17.9 Å². The largest absolute Gasteiger partial charge is 0.491 e. The molecule has 2 nitrogen and oxygen atoms in total. The average molecular weight is 295 g/mol. The van der Waals surface area contributed by atoms with Crippen LogP contribution in [0.1, 0.15) is 19.4 Å². The molecular formula is C16H16F3NO. The summed E-state index contributed by atoms with van der Waals surface area (Å²) in [4.78, 5) is 0. The number of halogens is 3. The van der Waals surface area contributed by atoms with Crippen LogP contribution in [0, 0.1) is 17.5 Å². The highest BCUT2D eigenvalue weighted by Crippen LogP contribution is 2.23. The first kappa shape index (κ1) is 15.2. The Bertz CT molecular complexity index is 629. The van der Waals surface area contributed by atoms with E-state index in [9.17, 15) is 13.2 Å². The van der Waals surface area contributed by atoms with Gasteiger partial charge in [-0.05, 0) is 19.9 Å². The van der Waals surface area contributed by atoms with Crippen LogP contribution in [-0.4, -0.2) is 6.10 Å². The Morgan fingerprint density at radius 2 is 1.67 bits per heavy atom. The van der Waals surface area contributed by atoms with Crippen LogP contribution in [0.4, 0.5) is 18.9 Å². The van der Waals surface area contributed by atoms with Crippen molar-refractivity contribution >= 4 is 5.69 Å². The van der Waals surface area contributed by atoms with Crippen molar-refractivity contribution in [3.8, 4) is 5.75 Å². The van der Waals surface area contributed by atoms with E-state index in [1.165, 1.54) is 0 Å². The summed E-state index contributed by atoms with van der Waals surface area (Å²) in [5, 5.41) is 2.75. The van der Waals surface area contributed by atoms with Gasteiger partial charge in [-0.3, -0.25) is 0 Å². The van der Waals surface area contributed by atoms with E-state index in [0.29, 0.717) is 11.8 Å². The molecule has 0 bridgehead atoms. The van der Waals surface area contributed by atoms with Gasteiger partial charge in [-0.15, -0.1) is 0 Å². The minimum atomic E-state index is -1.21. The standard InChI is InChI=1S/C16H16F3NO/c1-10(2)21-16-6-4-3-5-11(16)9-20-15-8-13(18)12(17)7-14(15)19/h3-8,10,20H,9H2,1-2H3. The predicted octanol–water partition coefficient (Wildman–Crippen LogP) is 4.50. The second-order valence-corrected chi connectivity index (χ2v) is 4.87. The number of nitrogens with one attached hydrogen (secondary N) is 1. The molecule has 0 aliphatic carbocycles. The molecule has 0 fully saturated rings. The summed E-state index contributed by atoms with van der Waals surface area (Å²) < 4.78 is 45.2. The molecule has 0 aromatic heterocycles. The van der Waals surface area contributed by atoms with Crippen molar-refractivity contribution in [3.63, 3.8) is 0 Å². The molecule has 0 radical (unpaired) electrons. The first-order valence-corrected chi connectivity index (χ1v) is 6.60. The van der Waals surface area contributed by atoms with E-state index in [4.69, 9.17) is 4.74 Å². The van der Waals surface area contributed by atoms with Gasteiger partial charge < -0.3 is 10.1 Å². The second-order valence-electron chi connectivity index (χ2n) is 4.87. The van der Waals surface area contributed by atoms with Gasteiger partial charge in [0.2, 0.25) is 0 Å². The highest BCUT2D eigenvalue weighted by molar-refractivity contribution is 5.47. The van der Waals surface area contributed by atoms with Crippen molar-refractivity contribution in [1.82, 2.24) is 0 Å². The molecular weight excluding hydrogens is 279 g/mol. The van der Waals surface area contributed by atoms with E-state index in [1.54, 1.807) is 6.07 Å². The maximum Gasteiger partial charge on any atom is 0.161 e. The second kappa shape index (κ2) is 6.52. The number of para-hydroxylation sites is 1. The SMILES string of the molecule is CC(C)Oc1ccccc1CNc1cc(F)c(F)cc1F. The van der Waals surface area contributed by atoms with Crippen LogP contribution in [0.3, 0.4) is 0 Å². The molecule has 21 heavy (non-hydrogen) atoms. The molecule has 0 saturated carbocycles. The molecule has 112 valence electrons. The molecule has 1 N–H and O–H groups in total. The Hall–Kier alpha value is -2.17. The lowest BCUT2D eigenvalue weighted by atomic mass is 10.2. The smallest absolute Gasteiger partial charge is 0.161 e. The molecule has 0 amide bonds. The van der Waals surface area contributed by atoms with E-state index in [-0.39, 0.29) is 18.3 Å². The number of hydrogen-bond donors (Lipinski definition) is 1. The van der Waals surface area contributed by atoms with Crippen LogP contribution >= 0.6 is 0 Å². The third-order valence-electron chi connectivity index (χ3n) is 2.81. The summed E-state index contributed by atoms with van der Waals surface area (Å²) in [5.41, 5.74) is 0.712. The van der Waals surface area contributed by atoms with E-state index in [2.05, 4.69) is 5.32 Å². The zero-order valence-electron chi connectivity index (χ0n) is 11.8. The number of ether oxygens (including phenoxy) is 1. The van der Waals surface area contributed by atoms with Crippen LogP contribution in [0.5, 0.6) is 5.75 Å². The van der Waals surface area contributed by atoms with Crippen molar-refractivity contribution in [2.45, 2.75) is 26.5 Å². The molecule has 0 heterocycles. The summed E-state index contributed by atoms with van der Waals surface area (Å²) in [7, 11) is 0. The van der Waals surface area contributed by atoms with Crippen LogP contribution < -0.4 is 10.1 Å². The van der Waals surface area contributed by atoms with Gasteiger partial charge in [-0.1, -0.05) is 18.2 Å². The zero-order valence-corrected chi connectivity index (χ0v) is 11.8. The fourth-order valence-corrected chi connectivity index (χ4v) is 1.87. The van der Waals surface area contributed by atoms with Crippen LogP contribution in [0.15, 0.2) is 36.4 Å². The molecule has 2 rings (SSSR count). The fraction of sp³-hybridized carbons (Fsp3) is 0.250. The molecule has 0 spiro atoms. The Morgan fingerprint density at radius 1 is 1.00 bits per heavy atom. The lowest BCUT2D eigenvalue weighted by Gasteiger charge is -2.15. The van der Waals surface area contributed by atoms with Gasteiger partial charge >= 0.3 is 0 Å². The first-order valence-electron chi connectivity index (χ1n) is 6.60. The van der Waals surface area contributed by atoms with E-state index in [0.717, 1.165) is 11.6 Å². The molecule has 0 atom stereocenters. The number of rotatable bonds is 5. The molecule has 2 aromatic carbocycles. The highest BCUT2D eigenvalue weighted by Gasteiger charge is 2.11. The quantitative estimate of drug-likeness (QED) is 0.820. The Balaban J connectivity index is 2.15. The number of hydrogen-bond acceptors (Lipinski definition) is 2. The normalized spacial score (nSPS) is 10.8. The van der Waals surface area contributed by atoms with Gasteiger partial charge in [0.05, 0.1) is 11.8 Å². The molecule has 0 aliphatic rings. The number of anilines is 1. The predicted molar refractivity (Wildman–Crippen MR) is 75.8 cm³/mol. The lowest BCUT2D eigenvalue weighted by molar-refractivity contribution is 0.240. The molecule has 0 unspecified atom stereocenters. The molecule has 0 saturated heterocycles. The maximum absolute atomic E-state index is 13.5. The summed E-state index contributed by atoms with van der Waals surface area (Å²) in [6.45, 7) is 4.04. The topological polar surface area (TPSA) is 21.3 Å².